The van der Waals surface area contributed by atoms with Crippen LogP contribution in [0.15, 0.2) is 30.3 Å². The molecule has 25 heavy (non-hydrogen) atoms. The summed E-state index contributed by atoms with van der Waals surface area (Å²) >= 11 is 0. The van der Waals surface area contributed by atoms with Crippen LogP contribution in [0, 0.1) is 13.8 Å². The number of pyridine rings is 1. The van der Waals surface area contributed by atoms with Gasteiger partial charge in [-0.15, -0.1) is 0 Å². The van der Waals surface area contributed by atoms with Gasteiger partial charge in [0, 0.05) is 18.4 Å². The third-order valence-corrected chi connectivity index (χ3v) is 4.69. The fraction of sp³-hybridized carbons (Fsp3) is 0.350. The first-order valence-corrected chi connectivity index (χ1v) is 8.63. The number of nitrogens with zero attached hydrogens (tertiary/aromatic N) is 3. The second-order valence-corrected chi connectivity index (χ2v) is 6.60. The summed E-state index contributed by atoms with van der Waals surface area (Å²) in [6.45, 7) is 8.17. The molecule has 0 saturated carbocycles. The zero-order valence-electron chi connectivity index (χ0n) is 15.4. The number of aromatic nitrogens is 3. The fourth-order valence-electron chi connectivity index (χ4n) is 3.08. The molecule has 0 spiro atoms. The molecule has 1 atom stereocenters. The maximum absolute atomic E-state index is 12.8. The zero-order chi connectivity index (χ0) is 18.1. The lowest BCUT2D eigenvalue weighted by molar-refractivity contribution is 0.102. The van der Waals surface area contributed by atoms with Crippen LogP contribution in [0.5, 0.6) is 0 Å². The van der Waals surface area contributed by atoms with Gasteiger partial charge >= 0.3 is 0 Å². The lowest BCUT2D eigenvalue weighted by atomic mass is 9.98. The highest BCUT2D eigenvalue weighted by molar-refractivity contribution is 6.12. The number of carbonyl (C=O) groups is 1. The van der Waals surface area contributed by atoms with Crippen molar-refractivity contribution < 1.29 is 4.79 Å². The van der Waals surface area contributed by atoms with E-state index in [2.05, 4.69) is 41.4 Å². The maximum atomic E-state index is 12.8. The number of benzene rings is 1. The molecule has 5 nitrogen and oxygen atoms in total. The Kier molecular flexibility index (Phi) is 4.57. The van der Waals surface area contributed by atoms with E-state index in [1.807, 2.05) is 39.1 Å². The van der Waals surface area contributed by atoms with Crippen molar-refractivity contribution in [2.45, 2.75) is 40.0 Å². The van der Waals surface area contributed by atoms with Crippen LogP contribution in [0.4, 0.5) is 5.69 Å². The van der Waals surface area contributed by atoms with Gasteiger partial charge in [-0.25, -0.2) is 4.98 Å². The van der Waals surface area contributed by atoms with Crippen LogP contribution >= 0.6 is 0 Å². The van der Waals surface area contributed by atoms with Gasteiger partial charge in [-0.3, -0.25) is 9.48 Å². The Morgan fingerprint density at radius 3 is 2.56 bits per heavy atom. The molecule has 1 amide bonds. The summed E-state index contributed by atoms with van der Waals surface area (Å²) in [5.74, 6) is 0.383. The number of fused-ring (bicyclic) bond motifs is 1. The number of aryl methyl sites for hydroxylation is 3. The highest BCUT2D eigenvalue weighted by Gasteiger charge is 2.18. The predicted octanol–water partition coefficient (Wildman–Crippen LogP) is 4.35. The molecule has 0 aliphatic heterocycles. The van der Waals surface area contributed by atoms with E-state index in [-0.39, 0.29) is 5.91 Å². The minimum atomic E-state index is -0.136. The summed E-state index contributed by atoms with van der Waals surface area (Å²) < 4.78 is 1.72. The molecule has 0 radical (unpaired) electrons. The van der Waals surface area contributed by atoms with Crippen LogP contribution in [-0.4, -0.2) is 20.7 Å². The van der Waals surface area contributed by atoms with E-state index in [4.69, 9.17) is 0 Å². The van der Waals surface area contributed by atoms with E-state index >= 15 is 0 Å². The highest BCUT2D eigenvalue weighted by Crippen LogP contribution is 2.24. The van der Waals surface area contributed by atoms with Gasteiger partial charge in [0.2, 0.25) is 0 Å². The van der Waals surface area contributed by atoms with Gasteiger partial charge in [-0.1, -0.05) is 26.0 Å². The van der Waals surface area contributed by atoms with Crippen molar-refractivity contribution in [3.63, 3.8) is 0 Å². The van der Waals surface area contributed by atoms with E-state index in [1.54, 1.807) is 4.68 Å². The van der Waals surface area contributed by atoms with Gasteiger partial charge in [0.15, 0.2) is 5.65 Å². The number of hydrogen-bond acceptors (Lipinski definition) is 3. The van der Waals surface area contributed by atoms with Crippen LogP contribution in [0.1, 0.15) is 53.5 Å². The van der Waals surface area contributed by atoms with Crippen molar-refractivity contribution >= 4 is 22.6 Å². The van der Waals surface area contributed by atoms with Crippen LogP contribution in [0.2, 0.25) is 0 Å². The molecule has 130 valence electrons. The van der Waals surface area contributed by atoms with E-state index in [1.165, 1.54) is 5.56 Å². The van der Waals surface area contributed by atoms with E-state index in [0.29, 0.717) is 11.5 Å². The summed E-state index contributed by atoms with van der Waals surface area (Å²) in [4.78, 5) is 17.3. The molecule has 5 heteroatoms. The van der Waals surface area contributed by atoms with Crippen molar-refractivity contribution in [1.82, 2.24) is 14.8 Å². The van der Waals surface area contributed by atoms with Crippen molar-refractivity contribution in [3.05, 3.63) is 52.8 Å². The standard InChI is InChI=1S/C20H24N4O/c1-6-12(2)15-7-9-16(10-8-15)22-20(25)17-11-13(3)21-19-18(17)14(4)23-24(19)5/h7-12H,6H2,1-5H3,(H,22,25). The number of anilines is 1. The van der Waals surface area contributed by atoms with Crippen molar-refractivity contribution in [2.75, 3.05) is 5.32 Å². The number of hydrogen-bond donors (Lipinski definition) is 1. The fourth-order valence-corrected chi connectivity index (χ4v) is 3.08. The third kappa shape index (κ3) is 3.27. The molecule has 0 aliphatic carbocycles. The summed E-state index contributed by atoms with van der Waals surface area (Å²) in [6, 6.07) is 9.89. The summed E-state index contributed by atoms with van der Waals surface area (Å²) in [5, 5.41) is 8.20. The zero-order valence-corrected chi connectivity index (χ0v) is 15.4. The molecule has 3 aromatic rings. The maximum Gasteiger partial charge on any atom is 0.256 e. The Morgan fingerprint density at radius 1 is 1.24 bits per heavy atom. The van der Waals surface area contributed by atoms with Gasteiger partial charge in [-0.2, -0.15) is 5.10 Å². The van der Waals surface area contributed by atoms with E-state index in [9.17, 15) is 4.79 Å². The minimum Gasteiger partial charge on any atom is -0.322 e. The van der Waals surface area contributed by atoms with Crippen LogP contribution in [-0.2, 0) is 7.05 Å². The molecule has 0 aliphatic rings. The largest absolute Gasteiger partial charge is 0.322 e. The van der Waals surface area contributed by atoms with E-state index < -0.39 is 0 Å². The lowest BCUT2D eigenvalue weighted by Gasteiger charge is -2.11. The van der Waals surface area contributed by atoms with Crippen molar-refractivity contribution in [1.29, 1.82) is 0 Å². The molecule has 1 aromatic carbocycles. The topological polar surface area (TPSA) is 59.8 Å². The molecule has 3 rings (SSSR count). The second kappa shape index (κ2) is 6.67. The minimum absolute atomic E-state index is 0.136. The second-order valence-electron chi connectivity index (χ2n) is 6.60. The number of carbonyl (C=O) groups excluding carboxylic acids is 1. The van der Waals surface area contributed by atoms with Gasteiger partial charge < -0.3 is 5.32 Å². The number of amides is 1. The molecule has 2 aromatic heterocycles. The van der Waals surface area contributed by atoms with Crippen LogP contribution in [0.25, 0.3) is 11.0 Å². The van der Waals surface area contributed by atoms with Gasteiger partial charge in [0.25, 0.3) is 5.91 Å². The first-order chi connectivity index (χ1) is 11.9. The molecular formula is C20H24N4O. The average molecular weight is 336 g/mol. The first kappa shape index (κ1) is 17.1. The van der Waals surface area contributed by atoms with Gasteiger partial charge in [0.05, 0.1) is 16.6 Å². The third-order valence-electron chi connectivity index (χ3n) is 4.69. The summed E-state index contributed by atoms with van der Waals surface area (Å²) in [5.41, 5.74) is 5.02. The van der Waals surface area contributed by atoms with Crippen LogP contribution in [0.3, 0.4) is 0 Å². The molecule has 1 unspecified atom stereocenters. The molecule has 0 fully saturated rings. The Morgan fingerprint density at radius 2 is 1.92 bits per heavy atom. The average Bonchev–Trinajstić information content (AvgIpc) is 2.88. The molecule has 0 bridgehead atoms. The van der Waals surface area contributed by atoms with Crippen molar-refractivity contribution in [3.8, 4) is 0 Å². The molecular weight excluding hydrogens is 312 g/mol. The number of rotatable bonds is 4. The molecule has 1 N–H and O–H groups in total. The first-order valence-electron chi connectivity index (χ1n) is 8.63. The predicted molar refractivity (Wildman–Crippen MR) is 101 cm³/mol. The SMILES string of the molecule is CCC(C)c1ccc(NC(=O)c2cc(C)nc3c2c(C)nn3C)cc1. The quantitative estimate of drug-likeness (QED) is 0.770. The van der Waals surface area contributed by atoms with Gasteiger partial charge in [0.1, 0.15) is 0 Å². The Hall–Kier alpha value is -2.69. The van der Waals surface area contributed by atoms with E-state index in [0.717, 1.165) is 34.5 Å². The smallest absolute Gasteiger partial charge is 0.256 e. The Balaban J connectivity index is 1.93. The Bertz CT molecular complexity index is 925. The molecule has 0 saturated heterocycles. The lowest BCUT2D eigenvalue weighted by Crippen LogP contribution is -2.13. The monoisotopic (exact) mass is 336 g/mol. The summed E-state index contributed by atoms with van der Waals surface area (Å²) in [7, 11) is 1.84. The normalized spacial score (nSPS) is 12.4. The van der Waals surface area contributed by atoms with Crippen molar-refractivity contribution in [2.24, 2.45) is 7.05 Å². The summed E-state index contributed by atoms with van der Waals surface area (Å²) in [6.07, 6.45) is 1.10. The van der Waals surface area contributed by atoms with Gasteiger partial charge in [-0.05, 0) is 49.9 Å². The molecule has 2 heterocycles. The van der Waals surface area contributed by atoms with Crippen LogP contribution < -0.4 is 5.32 Å². The highest BCUT2D eigenvalue weighted by atomic mass is 16.1. The Labute approximate surface area is 148 Å². The number of nitrogens with one attached hydrogen (secondary N) is 1.